The summed E-state index contributed by atoms with van der Waals surface area (Å²) in [5.41, 5.74) is 5.24. The summed E-state index contributed by atoms with van der Waals surface area (Å²) in [6, 6.07) is -0.720. The van der Waals surface area contributed by atoms with Gasteiger partial charge in [0.2, 0.25) is 5.91 Å². The molecule has 0 fully saturated rings. The molecule has 0 bridgehead atoms. The number of rotatable bonds is 4. The van der Waals surface area contributed by atoms with E-state index in [1.54, 1.807) is 6.92 Å². The van der Waals surface area contributed by atoms with Crippen LogP contribution in [0.4, 0.5) is 0 Å². The largest absolute Gasteiger partial charge is 0.464 e. The van der Waals surface area contributed by atoms with Crippen molar-refractivity contribution in [2.24, 2.45) is 5.73 Å². The van der Waals surface area contributed by atoms with Crippen LogP contribution in [0.2, 0.25) is 0 Å². The third-order valence-corrected chi connectivity index (χ3v) is 1.18. The molecule has 0 aliphatic heterocycles. The van der Waals surface area contributed by atoms with Crippen molar-refractivity contribution in [2.75, 3.05) is 13.2 Å². The molecular weight excluding hydrogens is 160 g/mol. The summed E-state index contributed by atoms with van der Waals surface area (Å²) >= 11 is 0. The fraction of sp³-hybridized carbons (Fsp3) is 0.714. The predicted molar refractivity (Wildman–Crippen MR) is 43.3 cm³/mol. The highest BCUT2D eigenvalue weighted by atomic mass is 16.5. The quantitative estimate of drug-likeness (QED) is 0.536. The molecule has 0 radical (unpaired) electrons. The van der Waals surface area contributed by atoms with E-state index < -0.39 is 12.0 Å². The van der Waals surface area contributed by atoms with E-state index in [0.29, 0.717) is 0 Å². The molecule has 1 unspecified atom stereocenters. The van der Waals surface area contributed by atoms with Gasteiger partial charge in [0.25, 0.3) is 0 Å². The molecular formula is C7H14N2O3. The molecule has 5 heteroatoms. The molecule has 70 valence electrons. The lowest BCUT2D eigenvalue weighted by Crippen LogP contribution is -2.45. The molecule has 0 aliphatic rings. The van der Waals surface area contributed by atoms with E-state index in [-0.39, 0.29) is 19.1 Å². The topological polar surface area (TPSA) is 81.4 Å². The fourth-order valence-electron chi connectivity index (χ4n) is 0.702. The highest BCUT2D eigenvalue weighted by molar-refractivity contribution is 5.83. The second kappa shape index (κ2) is 5.54. The van der Waals surface area contributed by atoms with E-state index in [1.807, 2.05) is 0 Å². The smallest absolute Gasteiger partial charge is 0.329 e. The van der Waals surface area contributed by atoms with E-state index >= 15 is 0 Å². The number of ether oxygens (including phenoxy) is 1. The average Bonchev–Trinajstić information content (AvgIpc) is 2.00. The Hall–Kier alpha value is -1.10. The van der Waals surface area contributed by atoms with Gasteiger partial charge in [-0.1, -0.05) is 0 Å². The van der Waals surface area contributed by atoms with Gasteiger partial charge >= 0.3 is 5.97 Å². The maximum atomic E-state index is 11.0. The molecule has 12 heavy (non-hydrogen) atoms. The zero-order valence-electron chi connectivity index (χ0n) is 7.29. The maximum absolute atomic E-state index is 11.0. The molecule has 5 nitrogen and oxygen atoms in total. The maximum Gasteiger partial charge on any atom is 0.329 e. The Bertz CT molecular complexity index is 170. The van der Waals surface area contributed by atoms with Crippen molar-refractivity contribution < 1.29 is 14.3 Å². The first-order valence-corrected chi connectivity index (χ1v) is 3.75. The number of nitrogens with one attached hydrogen (secondary N) is 1. The van der Waals surface area contributed by atoms with E-state index in [2.05, 4.69) is 10.1 Å². The van der Waals surface area contributed by atoms with Gasteiger partial charge in [-0.2, -0.15) is 0 Å². The van der Waals surface area contributed by atoms with Crippen LogP contribution in [0.25, 0.3) is 0 Å². The number of hydrogen-bond acceptors (Lipinski definition) is 4. The molecule has 0 aromatic heterocycles. The minimum absolute atomic E-state index is 0.0540. The van der Waals surface area contributed by atoms with Crippen LogP contribution in [0.5, 0.6) is 0 Å². The van der Waals surface area contributed by atoms with Crippen LogP contribution in [0.1, 0.15) is 13.8 Å². The number of nitrogens with two attached hydrogens (primary N) is 1. The SMILES string of the molecule is CCOC(=O)C(CN)NC(C)=O. The van der Waals surface area contributed by atoms with E-state index in [9.17, 15) is 9.59 Å². The van der Waals surface area contributed by atoms with E-state index in [0.717, 1.165) is 0 Å². The van der Waals surface area contributed by atoms with Crippen molar-refractivity contribution in [3.63, 3.8) is 0 Å². The molecule has 0 heterocycles. The normalized spacial score (nSPS) is 11.9. The van der Waals surface area contributed by atoms with Gasteiger partial charge in [-0.25, -0.2) is 4.79 Å². The van der Waals surface area contributed by atoms with Gasteiger partial charge in [0.1, 0.15) is 6.04 Å². The summed E-state index contributed by atoms with van der Waals surface area (Å²) in [4.78, 5) is 21.5. The van der Waals surface area contributed by atoms with Crippen molar-refractivity contribution in [1.82, 2.24) is 5.32 Å². The van der Waals surface area contributed by atoms with Crippen molar-refractivity contribution in [2.45, 2.75) is 19.9 Å². The van der Waals surface area contributed by atoms with Crippen LogP contribution in [-0.4, -0.2) is 31.1 Å². The first kappa shape index (κ1) is 10.9. The van der Waals surface area contributed by atoms with Crippen LogP contribution in [-0.2, 0) is 14.3 Å². The average molecular weight is 174 g/mol. The minimum Gasteiger partial charge on any atom is -0.464 e. The van der Waals surface area contributed by atoms with Gasteiger partial charge in [-0.15, -0.1) is 0 Å². The monoisotopic (exact) mass is 174 g/mol. The Balaban J connectivity index is 3.96. The van der Waals surface area contributed by atoms with Crippen molar-refractivity contribution in [3.8, 4) is 0 Å². The number of esters is 1. The molecule has 0 spiro atoms. The molecule has 1 atom stereocenters. The predicted octanol–water partition coefficient (Wildman–Crippen LogP) is -0.987. The van der Waals surface area contributed by atoms with E-state index in [1.165, 1.54) is 6.92 Å². The molecule has 0 rings (SSSR count). The van der Waals surface area contributed by atoms with Crippen LogP contribution in [0.3, 0.4) is 0 Å². The second-order valence-corrected chi connectivity index (χ2v) is 2.24. The third-order valence-electron chi connectivity index (χ3n) is 1.18. The summed E-state index contributed by atoms with van der Waals surface area (Å²) in [5.74, 6) is -0.784. The second-order valence-electron chi connectivity index (χ2n) is 2.24. The summed E-state index contributed by atoms with van der Waals surface area (Å²) in [7, 11) is 0. The van der Waals surface area contributed by atoms with Crippen LogP contribution < -0.4 is 11.1 Å². The zero-order chi connectivity index (χ0) is 9.56. The molecule has 0 aromatic carbocycles. The minimum atomic E-state index is -0.720. The number of amides is 1. The van der Waals surface area contributed by atoms with Crippen LogP contribution in [0.15, 0.2) is 0 Å². The van der Waals surface area contributed by atoms with Gasteiger partial charge in [-0.3, -0.25) is 4.79 Å². The Labute approximate surface area is 71.3 Å². The number of carbonyl (C=O) groups excluding carboxylic acids is 2. The van der Waals surface area contributed by atoms with Crippen molar-refractivity contribution >= 4 is 11.9 Å². The van der Waals surface area contributed by atoms with Crippen LogP contribution >= 0.6 is 0 Å². The summed E-state index contributed by atoms with van der Waals surface area (Å²) in [5, 5.41) is 2.38. The summed E-state index contributed by atoms with van der Waals surface area (Å²) < 4.78 is 4.66. The van der Waals surface area contributed by atoms with Gasteiger partial charge in [0.05, 0.1) is 6.61 Å². The molecule has 0 aromatic rings. The lowest BCUT2D eigenvalue weighted by molar-refractivity contribution is -0.146. The van der Waals surface area contributed by atoms with E-state index in [4.69, 9.17) is 5.73 Å². The highest BCUT2D eigenvalue weighted by Crippen LogP contribution is 1.86. The first-order valence-electron chi connectivity index (χ1n) is 3.75. The molecule has 0 saturated heterocycles. The van der Waals surface area contributed by atoms with Gasteiger partial charge in [0, 0.05) is 13.5 Å². The Morgan fingerprint density at radius 1 is 1.58 bits per heavy atom. The lowest BCUT2D eigenvalue weighted by Gasteiger charge is -2.13. The number of hydrogen-bond donors (Lipinski definition) is 2. The Kier molecular flexibility index (Phi) is 5.03. The lowest BCUT2D eigenvalue weighted by atomic mass is 10.3. The van der Waals surface area contributed by atoms with Gasteiger partial charge in [0.15, 0.2) is 0 Å². The number of carbonyl (C=O) groups is 2. The molecule has 0 saturated carbocycles. The van der Waals surface area contributed by atoms with Gasteiger partial charge < -0.3 is 15.8 Å². The highest BCUT2D eigenvalue weighted by Gasteiger charge is 2.17. The molecule has 0 aliphatic carbocycles. The van der Waals surface area contributed by atoms with Crippen LogP contribution in [0, 0.1) is 0 Å². The summed E-state index contributed by atoms with van der Waals surface area (Å²) in [6.07, 6.45) is 0. The fourth-order valence-corrected chi connectivity index (χ4v) is 0.702. The molecule has 1 amide bonds. The van der Waals surface area contributed by atoms with Crippen molar-refractivity contribution in [1.29, 1.82) is 0 Å². The molecule has 3 N–H and O–H groups in total. The Morgan fingerprint density at radius 3 is 2.50 bits per heavy atom. The Morgan fingerprint density at radius 2 is 2.17 bits per heavy atom. The standard InChI is InChI=1S/C7H14N2O3/c1-3-12-7(11)6(4-8)9-5(2)10/h6H,3-4,8H2,1-2H3,(H,9,10). The van der Waals surface area contributed by atoms with Crippen molar-refractivity contribution in [3.05, 3.63) is 0 Å². The zero-order valence-corrected chi connectivity index (χ0v) is 7.29. The summed E-state index contributed by atoms with van der Waals surface area (Å²) in [6.45, 7) is 3.36. The first-order chi connectivity index (χ1) is 5.61. The van der Waals surface area contributed by atoms with Gasteiger partial charge in [-0.05, 0) is 6.92 Å². The third kappa shape index (κ3) is 3.92.